The molecule has 0 radical (unpaired) electrons. The van der Waals surface area contributed by atoms with Crippen molar-refractivity contribution in [2.24, 2.45) is 11.3 Å². The molecule has 0 aromatic carbocycles. The zero-order valence-electron chi connectivity index (χ0n) is 11.5. The second-order valence-electron chi connectivity index (χ2n) is 6.39. The van der Waals surface area contributed by atoms with E-state index in [1.165, 1.54) is 0 Å². The second-order valence-corrected chi connectivity index (χ2v) is 6.39. The van der Waals surface area contributed by atoms with Crippen LogP contribution in [0.4, 0.5) is 4.79 Å². The molecule has 2 N–H and O–H groups in total. The first kappa shape index (κ1) is 13.6. The molecule has 0 aliphatic carbocycles. The number of fused-ring (bicyclic) bond motifs is 1. The standard InChI is InChI=1S/C13H24N2O3/c1-12(2,3)18-11(16)15-8-13-7-14-6-10(13)4-5-17-9-13/h10,14H,4-9H2,1-3H3,(H,15,16). The van der Waals surface area contributed by atoms with Gasteiger partial charge < -0.3 is 20.1 Å². The third-order valence-corrected chi connectivity index (χ3v) is 3.72. The molecule has 5 heteroatoms. The Bertz CT molecular complexity index is 314. The van der Waals surface area contributed by atoms with E-state index in [1.54, 1.807) is 0 Å². The predicted molar refractivity (Wildman–Crippen MR) is 68.5 cm³/mol. The van der Waals surface area contributed by atoms with Crippen molar-refractivity contribution in [2.75, 3.05) is 32.8 Å². The van der Waals surface area contributed by atoms with Crippen molar-refractivity contribution in [1.29, 1.82) is 0 Å². The van der Waals surface area contributed by atoms with E-state index in [0.717, 1.165) is 32.7 Å². The minimum atomic E-state index is -0.446. The van der Waals surface area contributed by atoms with Crippen LogP contribution in [0.2, 0.25) is 0 Å². The fraction of sp³-hybridized carbons (Fsp3) is 0.923. The van der Waals surface area contributed by atoms with Gasteiger partial charge in [-0.1, -0.05) is 0 Å². The SMILES string of the molecule is CC(C)(C)OC(=O)NCC12CNCC1CCOC2. The normalized spacial score (nSPS) is 31.8. The van der Waals surface area contributed by atoms with E-state index in [9.17, 15) is 4.79 Å². The molecule has 5 nitrogen and oxygen atoms in total. The van der Waals surface area contributed by atoms with Crippen LogP contribution < -0.4 is 10.6 Å². The van der Waals surface area contributed by atoms with Gasteiger partial charge in [-0.3, -0.25) is 0 Å². The molecule has 104 valence electrons. The van der Waals surface area contributed by atoms with Crippen LogP contribution in [-0.2, 0) is 9.47 Å². The van der Waals surface area contributed by atoms with Crippen LogP contribution in [-0.4, -0.2) is 44.5 Å². The van der Waals surface area contributed by atoms with E-state index in [4.69, 9.17) is 9.47 Å². The van der Waals surface area contributed by atoms with Gasteiger partial charge in [0, 0.05) is 25.1 Å². The summed E-state index contributed by atoms with van der Waals surface area (Å²) in [6.45, 7) is 9.73. The van der Waals surface area contributed by atoms with E-state index < -0.39 is 5.60 Å². The Labute approximate surface area is 109 Å². The molecule has 2 fully saturated rings. The van der Waals surface area contributed by atoms with Gasteiger partial charge in [0.25, 0.3) is 0 Å². The number of carbonyl (C=O) groups is 1. The topological polar surface area (TPSA) is 59.6 Å². The molecule has 0 saturated carbocycles. The Kier molecular flexibility index (Phi) is 3.82. The van der Waals surface area contributed by atoms with E-state index in [-0.39, 0.29) is 11.5 Å². The Morgan fingerprint density at radius 1 is 1.56 bits per heavy atom. The number of hydrogen-bond donors (Lipinski definition) is 2. The molecule has 2 atom stereocenters. The van der Waals surface area contributed by atoms with Crippen molar-refractivity contribution in [3.05, 3.63) is 0 Å². The molecular weight excluding hydrogens is 232 g/mol. The fourth-order valence-electron chi connectivity index (χ4n) is 2.75. The van der Waals surface area contributed by atoms with Crippen molar-refractivity contribution in [3.63, 3.8) is 0 Å². The third-order valence-electron chi connectivity index (χ3n) is 3.72. The molecule has 0 aromatic heterocycles. The van der Waals surface area contributed by atoms with Gasteiger partial charge in [0.15, 0.2) is 0 Å². The molecule has 0 spiro atoms. The Balaban J connectivity index is 1.86. The summed E-state index contributed by atoms with van der Waals surface area (Å²) in [5, 5.41) is 6.29. The van der Waals surface area contributed by atoms with Gasteiger partial charge in [0.1, 0.15) is 5.60 Å². The smallest absolute Gasteiger partial charge is 0.407 e. The van der Waals surface area contributed by atoms with Crippen molar-refractivity contribution < 1.29 is 14.3 Å². The highest BCUT2D eigenvalue weighted by atomic mass is 16.6. The van der Waals surface area contributed by atoms with Crippen molar-refractivity contribution in [1.82, 2.24) is 10.6 Å². The van der Waals surface area contributed by atoms with Gasteiger partial charge in [-0.25, -0.2) is 4.79 Å². The summed E-state index contributed by atoms with van der Waals surface area (Å²) in [4.78, 5) is 11.7. The first-order valence-electron chi connectivity index (χ1n) is 6.67. The first-order valence-corrected chi connectivity index (χ1v) is 6.67. The highest BCUT2D eigenvalue weighted by Gasteiger charge is 2.45. The Morgan fingerprint density at radius 2 is 2.33 bits per heavy atom. The molecule has 2 aliphatic rings. The molecule has 2 rings (SSSR count). The highest BCUT2D eigenvalue weighted by molar-refractivity contribution is 5.67. The summed E-state index contributed by atoms with van der Waals surface area (Å²) in [6, 6.07) is 0. The summed E-state index contributed by atoms with van der Waals surface area (Å²) < 4.78 is 10.9. The monoisotopic (exact) mass is 256 g/mol. The van der Waals surface area contributed by atoms with Crippen LogP contribution >= 0.6 is 0 Å². The maximum absolute atomic E-state index is 11.7. The zero-order valence-corrected chi connectivity index (χ0v) is 11.5. The van der Waals surface area contributed by atoms with Crippen molar-refractivity contribution in [3.8, 4) is 0 Å². The summed E-state index contributed by atoms with van der Waals surface area (Å²) in [6.07, 6.45) is 0.733. The van der Waals surface area contributed by atoms with Gasteiger partial charge in [0.2, 0.25) is 0 Å². The lowest BCUT2D eigenvalue weighted by Crippen LogP contribution is -2.49. The number of carbonyl (C=O) groups excluding carboxylic acids is 1. The van der Waals surface area contributed by atoms with E-state index in [2.05, 4.69) is 10.6 Å². The number of ether oxygens (including phenoxy) is 2. The number of hydrogen-bond acceptors (Lipinski definition) is 4. The van der Waals surface area contributed by atoms with Crippen molar-refractivity contribution >= 4 is 6.09 Å². The lowest BCUT2D eigenvalue weighted by Gasteiger charge is -2.38. The largest absolute Gasteiger partial charge is 0.444 e. The summed E-state index contributed by atoms with van der Waals surface area (Å²) in [7, 11) is 0. The number of amides is 1. The van der Waals surface area contributed by atoms with Gasteiger partial charge >= 0.3 is 6.09 Å². The van der Waals surface area contributed by atoms with Crippen LogP contribution in [0, 0.1) is 11.3 Å². The van der Waals surface area contributed by atoms with Gasteiger partial charge in [0.05, 0.1) is 6.61 Å². The first-order chi connectivity index (χ1) is 8.41. The lowest BCUT2D eigenvalue weighted by atomic mass is 9.75. The molecule has 2 unspecified atom stereocenters. The molecule has 1 amide bonds. The van der Waals surface area contributed by atoms with Gasteiger partial charge in [-0.15, -0.1) is 0 Å². The minimum absolute atomic E-state index is 0.0507. The highest BCUT2D eigenvalue weighted by Crippen LogP contribution is 2.36. The van der Waals surface area contributed by atoms with Gasteiger partial charge in [-0.2, -0.15) is 0 Å². The summed E-state index contributed by atoms with van der Waals surface area (Å²) in [5.74, 6) is 0.598. The lowest BCUT2D eigenvalue weighted by molar-refractivity contribution is -0.0272. The average Bonchev–Trinajstić information content (AvgIpc) is 2.68. The molecule has 0 aromatic rings. The van der Waals surface area contributed by atoms with Gasteiger partial charge in [-0.05, 0) is 39.7 Å². The second kappa shape index (κ2) is 5.05. The molecular formula is C13H24N2O3. The maximum atomic E-state index is 11.7. The summed E-state index contributed by atoms with van der Waals surface area (Å²) >= 11 is 0. The third kappa shape index (κ3) is 3.14. The quantitative estimate of drug-likeness (QED) is 0.778. The van der Waals surface area contributed by atoms with Crippen LogP contribution in [0.1, 0.15) is 27.2 Å². The molecule has 2 aliphatic heterocycles. The average molecular weight is 256 g/mol. The number of nitrogens with one attached hydrogen (secondary N) is 2. The van der Waals surface area contributed by atoms with Crippen LogP contribution in [0.15, 0.2) is 0 Å². The summed E-state index contributed by atoms with van der Waals surface area (Å²) in [5.41, 5.74) is -0.396. The Morgan fingerprint density at radius 3 is 3.06 bits per heavy atom. The van der Waals surface area contributed by atoms with Crippen LogP contribution in [0.3, 0.4) is 0 Å². The van der Waals surface area contributed by atoms with Crippen molar-refractivity contribution in [2.45, 2.75) is 32.8 Å². The maximum Gasteiger partial charge on any atom is 0.407 e. The molecule has 2 saturated heterocycles. The van der Waals surface area contributed by atoms with E-state index >= 15 is 0 Å². The minimum Gasteiger partial charge on any atom is -0.444 e. The molecule has 2 heterocycles. The number of alkyl carbamates (subject to hydrolysis) is 1. The van der Waals surface area contributed by atoms with E-state index in [1.807, 2.05) is 20.8 Å². The van der Waals surface area contributed by atoms with E-state index in [0.29, 0.717) is 12.5 Å². The fourth-order valence-corrected chi connectivity index (χ4v) is 2.75. The zero-order chi connectivity index (χ0) is 13.2. The Hall–Kier alpha value is -0.810. The van der Waals surface area contributed by atoms with Crippen LogP contribution in [0.5, 0.6) is 0 Å². The molecule has 18 heavy (non-hydrogen) atoms. The van der Waals surface area contributed by atoms with Crippen LogP contribution in [0.25, 0.3) is 0 Å². The molecule has 0 bridgehead atoms. The predicted octanol–water partition coefficient (Wildman–Crippen LogP) is 1.14. The number of rotatable bonds is 2.